The first-order valence-electron chi connectivity index (χ1n) is 35.5. The third-order valence-corrected chi connectivity index (χ3v) is 19.6. The molecule has 12 heterocycles. The minimum Gasteiger partial charge on any atom is -0.435 e. The number of hydrogen-bond acceptors (Lipinski definition) is 12. The Kier molecular flexibility index (Phi) is 15.4. The number of pyridine rings is 6. The largest absolute Gasteiger partial charge is 0.435 e. The van der Waals surface area contributed by atoms with Crippen molar-refractivity contribution in [1.29, 1.82) is 0 Å². The monoisotopic (exact) mass is 1390 g/mol. The van der Waals surface area contributed by atoms with Crippen LogP contribution in [0.5, 0.6) is 0 Å². The Labute approximate surface area is 616 Å². The van der Waals surface area contributed by atoms with E-state index in [9.17, 15) is 0 Å². The summed E-state index contributed by atoms with van der Waals surface area (Å²) in [5, 5.41) is 6.44. The Morgan fingerprint density at radius 3 is 1.01 bits per heavy atom. The van der Waals surface area contributed by atoms with Crippen molar-refractivity contribution >= 4 is 98.7 Å². The van der Waals surface area contributed by atoms with Crippen molar-refractivity contribution in [3.8, 4) is 96.8 Å². The zero-order valence-corrected chi connectivity index (χ0v) is 57.6. The number of nitrogens with zero attached hydrogens (tertiary/aromatic N) is 12. The van der Waals surface area contributed by atoms with Crippen molar-refractivity contribution in [2.75, 3.05) is 0 Å². The zero-order chi connectivity index (χ0) is 71.4. The summed E-state index contributed by atoms with van der Waals surface area (Å²) in [5.41, 5.74) is 22.6. The second-order valence-corrected chi connectivity index (χ2v) is 26.0. The van der Waals surface area contributed by atoms with Crippen LogP contribution in [0, 0.1) is 0 Å². The molecular formula is C93H58N12O3. The van der Waals surface area contributed by atoms with Crippen molar-refractivity contribution in [1.82, 2.24) is 58.6 Å². The molecule has 0 aliphatic rings. The van der Waals surface area contributed by atoms with Crippen molar-refractivity contribution in [2.45, 2.75) is 0 Å². The molecule has 0 saturated carbocycles. The van der Waals surface area contributed by atoms with Crippen LogP contribution >= 0.6 is 0 Å². The first-order chi connectivity index (χ1) is 53.6. The van der Waals surface area contributed by atoms with E-state index in [-0.39, 0.29) is 0 Å². The van der Waals surface area contributed by atoms with E-state index in [1.54, 1.807) is 18.6 Å². The summed E-state index contributed by atoms with van der Waals surface area (Å²) in [6.07, 6.45) is 9.01. The number of aromatic nitrogens is 12. The average molecular weight is 1390 g/mol. The summed E-state index contributed by atoms with van der Waals surface area (Å²) >= 11 is 0. The third kappa shape index (κ3) is 11.1. The topological polar surface area (TPSA) is 170 Å². The molecule has 0 bridgehead atoms. The average Bonchev–Trinajstić information content (AvgIpc) is 1.58. The summed E-state index contributed by atoms with van der Waals surface area (Å²) in [7, 11) is 0. The smallest absolute Gasteiger partial charge is 0.227 e. The van der Waals surface area contributed by atoms with Crippen LogP contribution in [0.1, 0.15) is 0 Å². The molecule has 0 aliphatic heterocycles. The summed E-state index contributed by atoms with van der Waals surface area (Å²) in [6.45, 7) is 0. The molecule has 0 aliphatic carbocycles. The fourth-order valence-electron chi connectivity index (χ4n) is 14.7. The highest BCUT2D eigenvalue weighted by Crippen LogP contribution is 2.43. The van der Waals surface area contributed by atoms with E-state index >= 15 is 0 Å². The number of oxazole rings is 3. The van der Waals surface area contributed by atoms with Crippen LogP contribution in [-0.4, -0.2) is 58.6 Å². The summed E-state index contributed by atoms with van der Waals surface area (Å²) in [4.78, 5) is 42.3. The van der Waals surface area contributed by atoms with Crippen molar-refractivity contribution < 1.29 is 13.3 Å². The van der Waals surface area contributed by atoms with Gasteiger partial charge in [0, 0.05) is 86.2 Å². The summed E-state index contributed by atoms with van der Waals surface area (Å²) < 4.78 is 25.9. The highest BCUT2D eigenvalue weighted by Gasteiger charge is 2.24. The van der Waals surface area contributed by atoms with Crippen LogP contribution in [-0.2, 0) is 0 Å². The standard InChI is InChI=1S/C35H22N4O.2C29H18N4O/c1-2-10-23(11-3-1)35-38-30-16-17-32-33(34(30)40-35)27-12-4-5-15-31(27)39(32)26-21-24(28-13-6-8-18-36-28)20-25(22-26)29-14-7-9-19-37-29;1-2-9-19(10-3-1)29-32-23-16-17-25-27(28(23)34-29)20-11-4-5-14-24(20)33(25)26-15-8-13-22(31-26)21-12-6-7-18-30-21;1-2-7-20(8-3-1)29-32-23-13-14-25-27(28(23)34-29)21-9-4-5-11-24(21)33(25)26-12-6-10-22(31-26)19-15-17-30-18-16-19/h1-22H;2*1-18H. The summed E-state index contributed by atoms with van der Waals surface area (Å²) in [5.74, 6) is 3.54. The normalized spacial score (nSPS) is 11.5. The molecule has 10 aromatic carbocycles. The lowest BCUT2D eigenvalue weighted by molar-refractivity contribution is 0.622. The van der Waals surface area contributed by atoms with E-state index in [1.807, 2.05) is 231 Å². The van der Waals surface area contributed by atoms with Crippen molar-refractivity contribution in [2.24, 2.45) is 0 Å². The molecule has 0 amide bonds. The van der Waals surface area contributed by atoms with Gasteiger partial charge < -0.3 is 17.8 Å². The van der Waals surface area contributed by atoms with Crippen LogP contribution in [0.4, 0.5) is 0 Å². The maximum Gasteiger partial charge on any atom is 0.227 e. The van der Waals surface area contributed by atoms with Gasteiger partial charge in [0.1, 0.15) is 28.2 Å². The zero-order valence-electron chi connectivity index (χ0n) is 57.6. The quantitative estimate of drug-likeness (QED) is 0.127. The maximum atomic E-state index is 6.47. The molecule has 508 valence electrons. The molecule has 0 radical (unpaired) electrons. The van der Waals surface area contributed by atoms with E-state index in [1.165, 1.54) is 0 Å². The van der Waals surface area contributed by atoms with Gasteiger partial charge in [-0.25, -0.2) is 24.9 Å². The summed E-state index contributed by atoms with van der Waals surface area (Å²) in [6, 6.07) is 108. The predicted molar refractivity (Wildman–Crippen MR) is 430 cm³/mol. The molecule has 0 spiro atoms. The van der Waals surface area contributed by atoms with Gasteiger partial charge in [-0.3, -0.25) is 29.1 Å². The number of benzene rings is 10. The van der Waals surface area contributed by atoms with Gasteiger partial charge in [-0.05, 0) is 182 Å². The van der Waals surface area contributed by atoms with Crippen molar-refractivity contribution in [3.05, 3.63) is 353 Å². The molecule has 0 saturated heterocycles. The van der Waals surface area contributed by atoms with E-state index in [4.69, 9.17) is 38.2 Å². The van der Waals surface area contributed by atoms with E-state index < -0.39 is 0 Å². The molecule has 12 aromatic heterocycles. The van der Waals surface area contributed by atoms with Crippen LogP contribution in [0.2, 0.25) is 0 Å². The molecule has 0 unspecified atom stereocenters. The second kappa shape index (κ2) is 26.6. The second-order valence-electron chi connectivity index (χ2n) is 26.0. The molecule has 15 nitrogen and oxygen atoms in total. The van der Waals surface area contributed by atoms with Gasteiger partial charge >= 0.3 is 0 Å². The number of hydrogen-bond donors (Lipinski definition) is 0. The van der Waals surface area contributed by atoms with Crippen LogP contribution in [0.15, 0.2) is 366 Å². The van der Waals surface area contributed by atoms with Crippen molar-refractivity contribution in [3.63, 3.8) is 0 Å². The number of para-hydroxylation sites is 3. The number of fused-ring (bicyclic) bond motifs is 15. The Balaban J connectivity index is 0.000000107. The van der Waals surface area contributed by atoms with Gasteiger partial charge in [0.15, 0.2) is 16.7 Å². The molecule has 22 rings (SSSR count). The van der Waals surface area contributed by atoms with Crippen LogP contribution in [0.25, 0.3) is 196 Å². The van der Waals surface area contributed by atoms with E-state index in [0.717, 1.165) is 178 Å². The predicted octanol–water partition coefficient (Wildman–Crippen LogP) is 22.8. The molecule has 0 fully saturated rings. The van der Waals surface area contributed by atoms with Gasteiger partial charge in [-0.1, -0.05) is 140 Å². The lowest BCUT2D eigenvalue weighted by Crippen LogP contribution is -1.98. The van der Waals surface area contributed by atoms with Gasteiger partial charge in [0.2, 0.25) is 17.7 Å². The maximum absolute atomic E-state index is 6.47. The SMILES string of the molecule is c1ccc(-c2nc3ccc4c(c5ccccc5n4-c4cc(-c5ccccn5)cc(-c5ccccn5)c4)c3o2)cc1.c1ccc(-c2nc3ccc4c(c5ccccc5n4-c4cccc(-c5ccccn5)n4)c3o2)cc1.c1ccc(-c2nc3ccc4c(c5ccccc5n4-c4cccc(-c5ccncc5)n4)c3o2)cc1. The van der Waals surface area contributed by atoms with Crippen LogP contribution in [0.3, 0.4) is 0 Å². The molecule has 15 heteroatoms. The molecule has 0 N–H and O–H groups in total. The highest BCUT2D eigenvalue weighted by atomic mass is 16.4. The third-order valence-electron chi connectivity index (χ3n) is 19.6. The lowest BCUT2D eigenvalue weighted by atomic mass is 10.0. The fourth-order valence-corrected chi connectivity index (χ4v) is 14.7. The minimum absolute atomic E-state index is 0.620. The molecule has 22 aromatic rings. The Morgan fingerprint density at radius 1 is 0.222 bits per heavy atom. The van der Waals surface area contributed by atoms with Gasteiger partial charge in [-0.15, -0.1) is 0 Å². The first kappa shape index (κ1) is 62.7. The fraction of sp³-hybridized carbons (Fsp3) is 0. The van der Waals surface area contributed by atoms with Gasteiger partial charge in [0.25, 0.3) is 0 Å². The molecular weight excluding hydrogens is 1330 g/mol. The molecule has 0 atom stereocenters. The van der Waals surface area contributed by atoms with Crippen LogP contribution < -0.4 is 0 Å². The lowest BCUT2D eigenvalue weighted by Gasteiger charge is -2.13. The Hall–Kier alpha value is -15.1. The van der Waals surface area contributed by atoms with E-state index in [0.29, 0.717) is 17.7 Å². The Bertz CT molecular complexity index is 6770. The van der Waals surface area contributed by atoms with Gasteiger partial charge in [-0.2, -0.15) is 0 Å². The first-order valence-corrected chi connectivity index (χ1v) is 35.5. The Morgan fingerprint density at radius 2 is 0.583 bits per heavy atom. The molecule has 108 heavy (non-hydrogen) atoms. The van der Waals surface area contributed by atoms with Gasteiger partial charge in [0.05, 0.1) is 77.7 Å². The number of rotatable bonds is 10. The highest BCUT2D eigenvalue weighted by molar-refractivity contribution is 6.21. The van der Waals surface area contributed by atoms with E-state index in [2.05, 4.69) is 137 Å². The minimum atomic E-state index is 0.620.